The Hall–Kier alpha value is -1.87. The SMILES string of the molecule is CN(Cc1nc2ccccc2s1)Cn1[nH]c(-c2ccccc2Br)nc1=S. The van der Waals surface area contributed by atoms with Gasteiger partial charge in [-0.2, -0.15) is 4.98 Å². The fourth-order valence-corrected chi connectivity index (χ4v) is 4.45. The standard InChI is InChI=1S/C18H16BrN5S2/c1-23(10-16-20-14-8-4-5-9-15(14)26-16)11-24-18(25)21-17(22-24)12-6-2-3-7-13(12)19/h2-9H,10-11H2,1H3,(H,21,22,25). The zero-order valence-electron chi connectivity index (χ0n) is 14.0. The van der Waals surface area contributed by atoms with E-state index in [1.165, 1.54) is 4.70 Å². The summed E-state index contributed by atoms with van der Waals surface area (Å²) < 4.78 is 4.60. The molecular formula is C18H16BrN5S2. The van der Waals surface area contributed by atoms with E-state index in [1.54, 1.807) is 11.3 Å². The Morgan fingerprint density at radius 3 is 2.73 bits per heavy atom. The third-order valence-electron chi connectivity index (χ3n) is 3.93. The maximum absolute atomic E-state index is 5.42. The average molecular weight is 446 g/mol. The van der Waals surface area contributed by atoms with E-state index in [4.69, 9.17) is 17.2 Å². The predicted octanol–water partition coefficient (Wildman–Crippen LogP) is 5.07. The van der Waals surface area contributed by atoms with E-state index in [0.717, 1.165) is 32.9 Å². The van der Waals surface area contributed by atoms with E-state index < -0.39 is 0 Å². The quantitative estimate of drug-likeness (QED) is 0.435. The van der Waals surface area contributed by atoms with Gasteiger partial charge in [0.15, 0.2) is 5.82 Å². The molecule has 0 unspecified atom stereocenters. The minimum atomic E-state index is 0.534. The Balaban J connectivity index is 1.52. The van der Waals surface area contributed by atoms with Gasteiger partial charge in [0.25, 0.3) is 0 Å². The van der Waals surface area contributed by atoms with Gasteiger partial charge in [-0.1, -0.05) is 46.3 Å². The fraction of sp³-hybridized carbons (Fsp3) is 0.167. The summed E-state index contributed by atoms with van der Waals surface area (Å²) in [7, 11) is 2.05. The topological polar surface area (TPSA) is 49.7 Å². The minimum Gasteiger partial charge on any atom is -0.281 e. The highest BCUT2D eigenvalue weighted by molar-refractivity contribution is 9.10. The number of nitrogens with one attached hydrogen (secondary N) is 1. The molecule has 2 heterocycles. The molecule has 0 saturated heterocycles. The van der Waals surface area contributed by atoms with Crippen LogP contribution in [0.1, 0.15) is 5.01 Å². The molecule has 4 rings (SSSR count). The van der Waals surface area contributed by atoms with Gasteiger partial charge in [-0.05, 0) is 37.5 Å². The van der Waals surface area contributed by atoms with Crippen LogP contribution < -0.4 is 0 Å². The summed E-state index contributed by atoms with van der Waals surface area (Å²) in [5, 5.41) is 4.38. The number of aromatic amines is 1. The first-order chi connectivity index (χ1) is 12.6. The molecule has 0 aliphatic rings. The van der Waals surface area contributed by atoms with Crippen molar-refractivity contribution in [2.75, 3.05) is 7.05 Å². The second-order valence-electron chi connectivity index (χ2n) is 5.99. The maximum atomic E-state index is 5.42. The van der Waals surface area contributed by atoms with Crippen LogP contribution >= 0.6 is 39.5 Å². The van der Waals surface area contributed by atoms with Crippen LogP contribution in [-0.4, -0.2) is 31.7 Å². The highest BCUT2D eigenvalue weighted by Gasteiger charge is 2.11. The summed E-state index contributed by atoms with van der Waals surface area (Å²) in [6.45, 7) is 1.37. The van der Waals surface area contributed by atoms with Crippen molar-refractivity contribution >= 4 is 49.7 Å². The Morgan fingerprint density at radius 2 is 1.92 bits per heavy atom. The number of halogens is 1. The van der Waals surface area contributed by atoms with E-state index in [2.05, 4.69) is 37.0 Å². The Kier molecular flexibility index (Phi) is 4.99. The molecule has 0 atom stereocenters. The second-order valence-corrected chi connectivity index (χ2v) is 8.33. The predicted molar refractivity (Wildman–Crippen MR) is 112 cm³/mol. The van der Waals surface area contributed by atoms with Crippen LogP contribution in [0, 0.1) is 4.77 Å². The molecule has 2 aromatic heterocycles. The molecule has 5 nitrogen and oxygen atoms in total. The van der Waals surface area contributed by atoms with E-state index >= 15 is 0 Å². The molecule has 8 heteroatoms. The third-order valence-corrected chi connectivity index (χ3v) is 5.96. The van der Waals surface area contributed by atoms with Gasteiger partial charge in [-0.25, -0.2) is 9.67 Å². The molecular weight excluding hydrogens is 430 g/mol. The van der Waals surface area contributed by atoms with Crippen LogP contribution in [0.5, 0.6) is 0 Å². The first-order valence-electron chi connectivity index (χ1n) is 8.05. The first-order valence-corrected chi connectivity index (χ1v) is 10.1. The number of para-hydroxylation sites is 1. The number of H-pyrrole nitrogens is 1. The summed E-state index contributed by atoms with van der Waals surface area (Å²) in [5.41, 5.74) is 2.04. The molecule has 26 heavy (non-hydrogen) atoms. The Bertz CT molecular complexity index is 1080. The molecule has 0 saturated carbocycles. The van der Waals surface area contributed by atoms with Gasteiger partial charge in [0, 0.05) is 10.0 Å². The number of nitrogens with zero attached hydrogens (tertiary/aromatic N) is 4. The van der Waals surface area contributed by atoms with Crippen LogP contribution in [0.2, 0.25) is 0 Å². The summed E-state index contributed by atoms with van der Waals surface area (Å²) in [4.78, 5) is 11.3. The number of hydrogen-bond donors (Lipinski definition) is 1. The Morgan fingerprint density at radius 1 is 1.15 bits per heavy atom. The van der Waals surface area contributed by atoms with Crippen molar-refractivity contribution < 1.29 is 0 Å². The monoisotopic (exact) mass is 445 g/mol. The molecule has 0 amide bonds. The lowest BCUT2D eigenvalue weighted by atomic mass is 10.2. The van der Waals surface area contributed by atoms with Crippen LogP contribution in [-0.2, 0) is 13.2 Å². The highest BCUT2D eigenvalue weighted by atomic mass is 79.9. The molecule has 0 radical (unpaired) electrons. The summed E-state index contributed by atoms with van der Waals surface area (Å²) in [5.74, 6) is 0.760. The average Bonchev–Trinajstić information content (AvgIpc) is 3.18. The minimum absolute atomic E-state index is 0.534. The zero-order chi connectivity index (χ0) is 18.1. The summed E-state index contributed by atoms with van der Waals surface area (Å²) in [6.07, 6.45) is 0. The van der Waals surface area contributed by atoms with Gasteiger partial charge >= 0.3 is 0 Å². The molecule has 0 aliphatic heterocycles. The van der Waals surface area contributed by atoms with E-state index in [1.807, 2.05) is 54.2 Å². The number of thiazole rings is 1. The van der Waals surface area contributed by atoms with E-state index in [0.29, 0.717) is 11.4 Å². The van der Waals surface area contributed by atoms with Gasteiger partial charge in [-0.15, -0.1) is 11.3 Å². The van der Waals surface area contributed by atoms with Gasteiger partial charge in [0.1, 0.15) is 5.01 Å². The van der Waals surface area contributed by atoms with Gasteiger partial charge in [-0.3, -0.25) is 10.00 Å². The van der Waals surface area contributed by atoms with Crippen LogP contribution in [0.15, 0.2) is 53.0 Å². The van der Waals surface area contributed by atoms with Crippen molar-refractivity contribution in [1.29, 1.82) is 0 Å². The number of benzene rings is 2. The van der Waals surface area contributed by atoms with Crippen LogP contribution in [0.3, 0.4) is 0 Å². The summed E-state index contributed by atoms with van der Waals surface area (Å²) in [6, 6.07) is 16.2. The largest absolute Gasteiger partial charge is 0.281 e. The molecule has 1 N–H and O–H groups in total. The zero-order valence-corrected chi connectivity index (χ0v) is 17.2. The molecule has 132 valence electrons. The molecule has 0 spiro atoms. The lowest BCUT2D eigenvalue weighted by molar-refractivity contribution is 0.244. The van der Waals surface area contributed by atoms with Crippen molar-refractivity contribution in [2.45, 2.75) is 13.2 Å². The number of hydrogen-bond acceptors (Lipinski definition) is 5. The summed E-state index contributed by atoms with van der Waals surface area (Å²) >= 11 is 10.7. The number of aromatic nitrogens is 4. The van der Waals surface area contributed by atoms with Crippen molar-refractivity contribution in [3.05, 3.63) is 62.8 Å². The lowest BCUT2D eigenvalue weighted by Crippen LogP contribution is -2.22. The number of fused-ring (bicyclic) bond motifs is 1. The first kappa shape index (κ1) is 17.5. The molecule has 0 aliphatic carbocycles. The van der Waals surface area contributed by atoms with Crippen LogP contribution in [0.25, 0.3) is 21.6 Å². The van der Waals surface area contributed by atoms with Gasteiger partial charge < -0.3 is 0 Å². The van der Waals surface area contributed by atoms with Crippen molar-refractivity contribution in [3.8, 4) is 11.4 Å². The Labute approximate surface area is 168 Å². The number of rotatable bonds is 5. The van der Waals surface area contributed by atoms with Gasteiger partial charge in [0.2, 0.25) is 4.77 Å². The van der Waals surface area contributed by atoms with E-state index in [9.17, 15) is 0 Å². The third kappa shape index (κ3) is 3.64. The van der Waals surface area contributed by atoms with Gasteiger partial charge in [0.05, 0.1) is 23.4 Å². The fourth-order valence-electron chi connectivity index (χ4n) is 2.74. The second kappa shape index (κ2) is 7.40. The van der Waals surface area contributed by atoms with Crippen molar-refractivity contribution in [3.63, 3.8) is 0 Å². The van der Waals surface area contributed by atoms with Crippen molar-refractivity contribution in [1.82, 2.24) is 24.6 Å². The van der Waals surface area contributed by atoms with E-state index in [-0.39, 0.29) is 0 Å². The highest BCUT2D eigenvalue weighted by Crippen LogP contribution is 2.25. The molecule has 0 fully saturated rings. The lowest BCUT2D eigenvalue weighted by Gasteiger charge is -2.15. The molecule has 0 bridgehead atoms. The normalized spacial score (nSPS) is 11.5. The molecule has 4 aromatic rings. The van der Waals surface area contributed by atoms with Crippen molar-refractivity contribution in [2.24, 2.45) is 0 Å². The maximum Gasteiger partial charge on any atom is 0.217 e. The smallest absolute Gasteiger partial charge is 0.217 e. The molecule has 2 aromatic carbocycles. The van der Waals surface area contributed by atoms with Crippen LogP contribution in [0.4, 0.5) is 0 Å².